The summed E-state index contributed by atoms with van der Waals surface area (Å²) >= 11 is 0. The van der Waals surface area contributed by atoms with Crippen molar-refractivity contribution in [3.05, 3.63) is 82.2 Å². The Bertz CT molecular complexity index is 947. The van der Waals surface area contributed by atoms with Crippen molar-refractivity contribution >= 4 is 34.9 Å². The largest absolute Gasteiger partial charge is 0.355 e. The molecule has 0 saturated carbocycles. The lowest BCUT2D eigenvalue weighted by molar-refractivity contribution is 1.39. The molecule has 3 aromatic rings. The molecule has 0 bridgehead atoms. The molecule has 0 radical (unpaired) electrons. The van der Waals surface area contributed by atoms with Crippen LogP contribution in [0.2, 0.25) is 0 Å². The van der Waals surface area contributed by atoms with Crippen molar-refractivity contribution in [2.75, 3.05) is 10.6 Å². The van der Waals surface area contributed by atoms with Crippen LogP contribution in [0.3, 0.4) is 0 Å². The van der Waals surface area contributed by atoms with Gasteiger partial charge in [-0.1, -0.05) is 36.4 Å². The molecule has 2 heterocycles. The minimum absolute atomic E-state index is 1.16. The number of fused-ring (bicyclic) bond motifs is 4. The normalized spacial score (nSPS) is 13.1. The van der Waals surface area contributed by atoms with Crippen LogP contribution in [0.5, 0.6) is 0 Å². The van der Waals surface area contributed by atoms with Gasteiger partial charge >= 0.3 is 0 Å². The molecule has 0 aromatic heterocycles. The number of benzene rings is 3. The van der Waals surface area contributed by atoms with Crippen molar-refractivity contribution in [3.8, 4) is 0 Å². The number of para-hydroxylation sites is 2. The smallest absolute Gasteiger partial charge is 0.0465 e. The number of nitrogens with one attached hydrogen (secondary N) is 2. The van der Waals surface area contributed by atoms with Crippen LogP contribution >= 0.6 is 0 Å². The van der Waals surface area contributed by atoms with E-state index in [1.807, 2.05) is 0 Å². The maximum absolute atomic E-state index is 3.54. The summed E-state index contributed by atoms with van der Waals surface area (Å²) in [6, 6.07) is 21.2. The van der Waals surface area contributed by atoms with Crippen LogP contribution in [-0.4, -0.2) is 0 Å². The summed E-state index contributed by atoms with van der Waals surface area (Å²) in [4.78, 5) is 0. The molecule has 0 unspecified atom stereocenters. The Morgan fingerprint density at radius 3 is 1.45 bits per heavy atom. The SMILES string of the molecule is C1=c2cc3c(cc2Nc2ccccc21)=Cc1ccccc1N3. The molecule has 0 atom stereocenters. The van der Waals surface area contributed by atoms with Crippen LogP contribution < -0.4 is 21.1 Å². The lowest BCUT2D eigenvalue weighted by Gasteiger charge is -2.20. The summed E-state index contributed by atoms with van der Waals surface area (Å²) in [5.74, 6) is 0. The highest BCUT2D eigenvalue weighted by molar-refractivity contribution is 5.83. The third-order valence-electron chi connectivity index (χ3n) is 4.30. The number of hydrogen-bond acceptors (Lipinski definition) is 2. The van der Waals surface area contributed by atoms with Crippen molar-refractivity contribution in [1.29, 1.82) is 0 Å². The van der Waals surface area contributed by atoms with Gasteiger partial charge in [0.25, 0.3) is 0 Å². The van der Waals surface area contributed by atoms with E-state index in [0.29, 0.717) is 0 Å². The van der Waals surface area contributed by atoms with E-state index in [4.69, 9.17) is 0 Å². The lowest BCUT2D eigenvalue weighted by atomic mass is 10.0. The summed E-state index contributed by atoms with van der Waals surface area (Å²) in [5, 5.41) is 9.51. The Morgan fingerprint density at radius 2 is 0.955 bits per heavy atom. The first-order chi connectivity index (χ1) is 10.9. The van der Waals surface area contributed by atoms with Gasteiger partial charge < -0.3 is 10.6 Å². The molecule has 0 spiro atoms. The van der Waals surface area contributed by atoms with Gasteiger partial charge in [-0.3, -0.25) is 0 Å². The Morgan fingerprint density at radius 1 is 0.500 bits per heavy atom. The first-order valence-corrected chi connectivity index (χ1v) is 7.46. The van der Waals surface area contributed by atoms with Gasteiger partial charge in [0, 0.05) is 33.2 Å². The quantitative estimate of drug-likeness (QED) is 0.454. The molecule has 5 rings (SSSR count). The predicted molar refractivity (Wildman–Crippen MR) is 92.3 cm³/mol. The Hall–Kier alpha value is -3.00. The van der Waals surface area contributed by atoms with Crippen LogP contribution in [0, 0.1) is 0 Å². The predicted octanol–water partition coefficient (Wildman–Crippen LogP) is 3.46. The van der Waals surface area contributed by atoms with E-state index in [0.717, 1.165) is 11.4 Å². The van der Waals surface area contributed by atoms with Crippen LogP contribution in [-0.2, 0) is 0 Å². The highest BCUT2D eigenvalue weighted by atomic mass is 14.9. The Labute approximate surface area is 128 Å². The van der Waals surface area contributed by atoms with Gasteiger partial charge in [0.2, 0.25) is 0 Å². The molecule has 3 aromatic carbocycles. The number of rotatable bonds is 0. The average molecular weight is 282 g/mol. The van der Waals surface area contributed by atoms with Gasteiger partial charge in [-0.05, 0) is 47.5 Å². The fourth-order valence-electron chi connectivity index (χ4n) is 3.19. The van der Waals surface area contributed by atoms with E-state index >= 15 is 0 Å². The molecule has 2 aliphatic heterocycles. The first kappa shape index (κ1) is 11.6. The zero-order valence-corrected chi connectivity index (χ0v) is 11.9. The zero-order chi connectivity index (χ0) is 14.5. The zero-order valence-electron chi connectivity index (χ0n) is 11.9. The van der Waals surface area contributed by atoms with Crippen LogP contribution in [0.1, 0.15) is 11.1 Å². The van der Waals surface area contributed by atoms with Gasteiger partial charge in [-0.25, -0.2) is 0 Å². The van der Waals surface area contributed by atoms with Crippen molar-refractivity contribution < 1.29 is 0 Å². The maximum Gasteiger partial charge on any atom is 0.0465 e. The molecule has 2 nitrogen and oxygen atoms in total. The molecular formula is C20H14N2. The van der Waals surface area contributed by atoms with Crippen molar-refractivity contribution in [2.45, 2.75) is 0 Å². The average Bonchev–Trinajstić information content (AvgIpc) is 2.56. The second kappa shape index (κ2) is 4.25. The van der Waals surface area contributed by atoms with Crippen molar-refractivity contribution in [1.82, 2.24) is 0 Å². The second-order valence-electron chi connectivity index (χ2n) is 5.74. The van der Waals surface area contributed by atoms with E-state index in [1.54, 1.807) is 0 Å². The molecule has 0 aliphatic carbocycles. The van der Waals surface area contributed by atoms with E-state index in [9.17, 15) is 0 Å². The number of hydrogen-bond donors (Lipinski definition) is 2. The Kier molecular flexibility index (Phi) is 2.25. The fourth-order valence-corrected chi connectivity index (χ4v) is 3.19. The first-order valence-electron chi connectivity index (χ1n) is 7.46. The van der Waals surface area contributed by atoms with Crippen molar-refractivity contribution in [3.63, 3.8) is 0 Å². The summed E-state index contributed by atoms with van der Waals surface area (Å²) in [6.07, 6.45) is 4.48. The monoisotopic (exact) mass is 282 g/mol. The van der Waals surface area contributed by atoms with E-state index < -0.39 is 0 Å². The molecule has 2 aliphatic rings. The van der Waals surface area contributed by atoms with Crippen LogP contribution in [0.4, 0.5) is 22.7 Å². The molecule has 0 fully saturated rings. The molecule has 104 valence electrons. The molecule has 0 saturated heterocycles. The fraction of sp³-hybridized carbons (Fsp3) is 0. The van der Waals surface area contributed by atoms with E-state index in [1.165, 1.54) is 32.9 Å². The van der Waals surface area contributed by atoms with Gasteiger partial charge in [0.05, 0.1) is 0 Å². The van der Waals surface area contributed by atoms with E-state index in [-0.39, 0.29) is 0 Å². The third kappa shape index (κ3) is 1.67. The molecular weight excluding hydrogens is 268 g/mol. The summed E-state index contributed by atoms with van der Waals surface area (Å²) in [6.45, 7) is 0. The molecule has 22 heavy (non-hydrogen) atoms. The lowest BCUT2D eigenvalue weighted by Crippen LogP contribution is -2.22. The van der Waals surface area contributed by atoms with Crippen molar-refractivity contribution in [2.24, 2.45) is 0 Å². The standard InChI is InChI=1S/C20H14N2/c1-3-7-17-13(5-1)9-15-11-20-16(12-19(15)21-17)10-14-6-2-4-8-18(14)22-20/h1-12,21-22H. The summed E-state index contributed by atoms with van der Waals surface area (Å²) in [5.41, 5.74) is 7.12. The summed E-state index contributed by atoms with van der Waals surface area (Å²) in [7, 11) is 0. The molecule has 0 amide bonds. The van der Waals surface area contributed by atoms with Gasteiger partial charge in [0.15, 0.2) is 0 Å². The molecule has 2 N–H and O–H groups in total. The topological polar surface area (TPSA) is 24.1 Å². The van der Waals surface area contributed by atoms with E-state index in [2.05, 4.69) is 83.4 Å². The maximum atomic E-state index is 3.54. The minimum Gasteiger partial charge on any atom is -0.355 e. The van der Waals surface area contributed by atoms with Gasteiger partial charge in [-0.2, -0.15) is 0 Å². The number of anilines is 4. The van der Waals surface area contributed by atoms with Gasteiger partial charge in [0.1, 0.15) is 0 Å². The highest BCUT2D eigenvalue weighted by Crippen LogP contribution is 2.26. The second-order valence-corrected chi connectivity index (χ2v) is 5.74. The van der Waals surface area contributed by atoms with Gasteiger partial charge in [-0.15, -0.1) is 0 Å². The minimum atomic E-state index is 1.16. The highest BCUT2D eigenvalue weighted by Gasteiger charge is 2.12. The van der Waals surface area contributed by atoms with Crippen LogP contribution in [0.25, 0.3) is 12.2 Å². The molecule has 2 heteroatoms. The third-order valence-corrected chi connectivity index (χ3v) is 4.30. The Balaban J connectivity index is 1.76. The van der Waals surface area contributed by atoms with Crippen LogP contribution in [0.15, 0.2) is 60.7 Å². The summed E-state index contributed by atoms with van der Waals surface area (Å²) < 4.78 is 0.